The Bertz CT molecular complexity index is 965. The largest absolute Gasteiger partial charge is 0.510 e. The van der Waals surface area contributed by atoms with Crippen molar-refractivity contribution in [2.75, 3.05) is 26.7 Å². The van der Waals surface area contributed by atoms with Crippen molar-refractivity contribution in [1.29, 1.82) is 0 Å². The fourth-order valence-electron chi connectivity index (χ4n) is 2.47. The normalized spacial score (nSPS) is 26.5. The van der Waals surface area contributed by atoms with Crippen LogP contribution in [0, 0.1) is 0 Å². The van der Waals surface area contributed by atoms with Gasteiger partial charge in [0.15, 0.2) is 24.2 Å². The quantitative estimate of drug-likeness (QED) is 0.197. The van der Waals surface area contributed by atoms with E-state index in [2.05, 4.69) is 9.47 Å². The van der Waals surface area contributed by atoms with E-state index >= 15 is 0 Å². The first-order valence-electron chi connectivity index (χ1n) is 9.10. The summed E-state index contributed by atoms with van der Waals surface area (Å²) in [6, 6.07) is 0.951. The van der Waals surface area contributed by atoms with Gasteiger partial charge in [-0.3, -0.25) is 23.4 Å². The Morgan fingerprint density at radius 1 is 1.50 bits per heavy atom. The Hall–Kier alpha value is -2.42. The molecule has 16 heteroatoms. The zero-order valence-corrected chi connectivity index (χ0v) is 17.9. The lowest BCUT2D eigenvalue weighted by Gasteiger charge is -2.42. The zero-order valence-electron chi connectivity index (χ0n) is 17.0. The Morgan fingerprint density at radius 2 is 2.22 bits per heavy atom. The molecule has 1 fully saturated rings. The minimum absolute atomic E-state index is 0.0655. The van der Waals surface area contributed by atoms with E-state index in [0.717, 1.165) is 16.8 Å². The van der Waals surface area contributed by atoms with Gasteiger partial charge in [-0.1, -0.05) is 0 Å². The number of carbonyl (C=O) groups is 2. The van der Waals surface area contributed by atoms with E-state index in [1.54, 1.807) is 13.8 Å². The summed E-state index contributed by atoms with van der Waals surface area (Å²) >= 11 is 0. The summed E-state index contributed by atoms with van der Waals surface area (Å²) in [5.74, 6) is 0. The average molecular weight is 484 g/mol. The third-order valence-corrected chi connectivity index (χ3v) is 5.34. The van der Waals surface area contributed by atoms with E-state index in [1.165, 1.54) is 0 Å². The molecule has 2 rings (SSSR count). The van der Waals surface area contributed by atoms with Crippen LogP contribution in [-0.2, 0) is 37.1 Å². The van der Waals surface area contributed by atoms with Crippen molar-refractivity contribution < 1.29 is 51.4 Å². The number of aromatic nitrogens is 2. The number of hydrogen-bond donors (Lipinski definition) is 2. The van der Waals surface area contributed by atoms with Crippen molar-refractivity contribution in [3.8, 4) is 0 Å². The number of nitrogens with zero attached hydrogens (tertiary/aromatic N) is 1. The van der Waals surface area contributed by atoms with E-state index in [4.69, 9.17) is 18.3 Å². The van der Waals surface area contributed by atoms with Gasteiger partial charge in [-0.15, -0.1) is 0 Å². The summed E-state index contributed by atoms with van der Waals surface area (Å²) in [6.07, 6.45) is -4.02. The van der Waals surface area contributed by atoms with Gasteiger partial charge in [0.25, 0.3) is 5.56 Å². The molecule has 0 aromatic carbocycles. The summed E-state index contributed by atoms with van der Waals surface area (Å²) in [5, 5.41) is 9.60. The molecule has 0 saturated carbocycles. The van der Waals surface area contributed by atoms with Crippen molar-refractivity contribution >= 4 is 20.3 Å². The number of phosphoric ester groups is 1. The van der Waals surface area contributed by atoms with E-state index in [1.807, 2.05) is 4.98 Å². The van der Waals surface area contributed by atoms with Gasteiger partial charge in [-0.2, -0.15) is 0 Å². The van der Waals surface area contributed by atoms with Crippen LogP contribution in [0.4, 0.5) is 9.18 Å². The van der Waals surface area contributed by atoms with Crippen LogP contribution >= 0.6 is 7.82 Å². The molecule has 0 aliphatic carbocycles. The number of aliphatic hydroxyl groups excluding tert-OH is 1. The van der Waals surface area contributed by atoms with Crippen molar-refractivity contribution in [3.05, 3.63) is 33.1 Å². The van der Waals surface area contributed by atoms with Crippen LogP contribution < -0.4 is 11.2 Å². The van der Waals surface area contributed by atoms with Crippen molar-refractivity contribution in [2.24, 2.45) is 0 Å². The van der Waals surface area contributed by atoms with Crippen LogP contribution in [-0.4, -0.2) is 71.6 Å². The predicted octanol–water partition coefficient (Wildman–Crippen LogP) is 0.0105. The van der Waals surface area contributed by atoms with Gasteiger partial charge in [0.05, 0.1) is 19.3 Å². The van der Waals surface area contributed by atoms with E-state index < -0.39 is 75.9 Å². The maximum absolute atomic E-state index is 14.0. The molecule has 2 heterocycles. The van der Waals surface area contributed by atoms with Gasteiger partial charge in [0.2, 0.25) is 6.79 Å². The van der Waals surface area contributed by atoms with E-state index in [0.29, 0.717) is 0 Å². The van der Waals surface area contributed by atoms with Crippen LogP contribution in [0.3, 0.4) is 0 Å². The molecule has 1 saturated heterocycles. The SMILES string of the molecule is CC(C)OC(=O)OCOP1(=O)OC[C@@](CF)(O[C@H](CO)n2ccc(=O)[nH]c2=O)[C@H](C=O)O1. The third kappa shape index (κ3) is 6.31. The lowest BCUT2D eigenvalue weighted by atomic mass is 10.00. The zero-order chi connectivity index (χ0) is 23.9. The molecule has 0 radical (unpaired) electrons. The third-order valence-electron chi connectivity index (χ3n) is 3.99. The Morgan fingerprint density at radius 3 is 2.78 bits per heavy atom. The first-order chi connectivity index (χ1) is 15.1. The average Bonchev–Trinajstić information content (AvgIpc) is 2.73. The number of halogens is 1. The molecule has 1 unspecified atom stereocenters. The fraction of sp³-hybridized carbons (Fsp3) is 0.625. The van der Waals surface area contributed by atoms with Gasteiger partial charge in [-0.25, -0.2) is 23.1 Å². The number of phosphoric acid groups is 1. The van der Waals surface area contributed by atoms with E-state index in [9.17, 15) is 33.2 Å². The molecule has 2 N–H and O–H groups in total. The monoisotopic (exact) mass is 484 g/mol. The number of rotatable bonds is 10. The highest BCUT2D eigenvalue weighted by molar-refractivity contribution is 7.48. The summed E-state index contributed by atoms with van der Waals surface area (Å²) < 4.78 is 56.5. The summed E-state index contributed by atoms with van der Waals surface area (Å²) in [6.45, 7) is -0.978. The highest BCUT2D eigenvalue weighted by atomic mass is 31.2. The molecule has 180 valence electrons. The standard InChI is InChI=1S/C16H22FN2O12P/c1-10(2)29-15(24)26-9-28-32(25)27-8-16(7-17,11(5-20)31-32)30-13(6-21)19-4-3-12(22)18-14(19)23/h3-5,10-11,13,21H,6-9H2,1-2H3,(H,18,22,23)/t11-,13+,16+,32?/m0/s1. The van der Waals surface area contributed by atoms with Crippen molar-refractivity contribution in [1.82, 2.24) is 9.55 Å². The summed E-state index contributed by atoms with van der Waals surface area (Å²) in [7, 11) is -4.50. The smallest absolute Gasteiger partial charge is 0.432 e. The van der Waals surface area contributed by atoms with Gasteiger partial charge >= 0.3 is 19.7 Å². The van der Waals surface area contributed by atoms with Crippen LogP contribution in [0.2, 0.25) is 0 Å². The molecular weight excluding hydrogens is 462 g/mol. The summed E-state index contributed by atoms with van der Waals surface area (Å²) in [5.41, 5.74) is -3.94. The van der Waals surface area contributed by atoms with Gasteiger partial charge in [0, 0.05) is 12.3 Å². The lowest BCUT2D eigenvalue weighted by Crippen LogP contribution is -2.57. The number of aldehydes is 1. The second kappa shape index (κ2) is 10.9. The Kier molecular flexibility index (Phi) is 8.83. The van der Waals surface area contributed by atoms with Gasteiger partial charge in [0.1, 0.15) is 6.67 Å². The maximum Gasteiger partial charge on any atom is 0.510 e. The van der Waals surface area contributed by atoms with Gasteiger partial charge in [-0.05, 0) is 13.8 Å². The molecule has 0 spiro atoms. The molecule has 4 atom stereocenters. The molecule has 1 aromatic rings. The molecule has 1 aliphatic heterocycles. The second-order valence-corrected chi connectivity index (χ2v) is 8.28. The van der Waals surface area contributed by atoms with E-state index in [-0.39, 0.29) is 6.29 Å². The topological polar surface area (TPSA) is 182 Å². The molecule has 32 heavy (non-hydrogen) atoms. The van der Waals surface area contributed by atoms with Crippen LogP contribution in [0.25, 0.3) is 0 Å². The number of aromatic amines is 1. The number of aliphatic hydroxyl groups is 1. The second-order valence-electron chi connectivity index (χ2n) is 6.66. The van der Waals surface area contributed by atoms with Crippen molar-refractivity contribution in [3.63, 3.8) is 0 Å². The maximum atomic E-state index is 14.0. The first-order valence-corrected chi connectivity index (χ1v) is 10.6. The Labute approximate surface area is 179 Å². The fourth-order valence-corrected chi connectivity index (χ4v) is 3.75. The highest BCUT2D eigenvalue weighted by Gasteiger charge is 2.54. The molecule has 0 bridgehead atoms. The van der Waals surface area contributed by atoms with Gasteiger partial charge < -0.3 is 24.1 Å². The number of nitrogens with one attached hydrogen (secondary N) is 1. The lowest BCUT2D eigenvalue weighted by molar-refractivity contribution is -0.220. The number of H-pyrrole nitrogens is 1. The highest BCUT2D eigenvalue weighted by Crippen LogP contribution is 2.56. The van der Waals surface area contributed by atoms with Crippen LogP contribution in [0.15, 0.2) is 21.9 Å². The molecule has 14 nitrogen and oxygen atoms in total. The number of carbonyl (C=O) groups excluding carboxylic acids is 2. The minimum Gasteiger partial charge on any atom is -0.432 e. The number of hydrogen-bond acceptors (Lipinski definition) is 12. The minimum atomic E-state index is -4.50. The van der Waals surface area contributed by atoms with Crippen molar-refractivity contribution in [2.45, 2.75) is 37.9 Å². The number of alkyl halides is 1. The number of ether oxygens (including phenoxy) is 3. The molecule has 1 aromatic heterocycles. The summed E-state index contributed by atoms with van der Waals surface area (Å²) in [4.78, 5) is 47.9. The molecule has 0 amide bonds. The predicted molar refractivity (Wildman–Crippen MR) is 100 cm³/mol. The first kappa shape index (κ1) is 25.8. The molecule has 1 aliphatic rings. The van der Waals surface area contributed by atoms with Crippen LogP contribution in [0.1, 0.15) is 20.1 Å². The molecular formula is C16H22FN2O12P. The Balaban J connectivity index is 2.13. The van der Waals surface area contributed by atoms with Crippen LogP contribution in [0.5, 0.6) is 0 Å².